The SMILES string of the molecule is C/C(=N\Nc1nc(-c2ccc([N+](=O)[O-])cc2)cs1)c1ccccc1Br. The average Bonchev–Trinajstić information content (AvgIpc) is 3.09. The molecular weight excluding hydrogens is 404 g/mol. The number of anilines is 1. The van der Waals surface area contributed by atoms with Crippen molar-refractivity contribution in [3.05, 3.63) is 74.1 Å². The number of hydrazone groups is 1. The first-order chi connectivity index (χ1) is 12.0. The van der Waals surface area contributed by atoms with Gasteiger partial charge in [0.2, 0.25) is 5.13 Å². The molecular formula is C17H13BrN4O2S. The molecule has 2 aromatic carbocycles. The molecule has 0 bridgehead atoms. The van der Waals surface area contributed by atoms with Crippen molar-refractivity contribution in [2.75, 3.05) is 5.43 Å². The third kappa shape index (κ3) is 4.09. The van der Waals surface area contributed by atoms with Crippen LogP contribution in [0.4, 0.5) is 10.8 Å². The van der Waals surface area contributed by atoms with Crippen molar-refractivity contribution >= 4 is 43.8 Å². The predicted molar refractivity (Wildman–Crippen MR) is 104 cm³/mol. The number of aromatic nitrogens is 1. The Hall–Kier alpha value is -2.58. The number of nitrogens with zero attached hydrogens (tertiary/aromatic N) is 3. The number of hydrogen-bond acceptors (Lipinski definition) is 6. The maximum Gasteiger partial charge on any atom is 0.269 e. The van der Waals surface area contributed by atoms with Gasteiger partial charge in [-0.25, -0.2) is 4.98 Å². The van der Waals surface area contributed by atoms with Crippen LogP contribution in [0.3, 0.4) is 0 Å². The molecule has 0 saturated carbocycles. The van der Waals surface area contributed by atoms with Crippen molar-refractivity contribution in [3.8, 4) is 11.3 Å². The first-order valence-corrected chi connectivity index (χ1v) is 8.97. The first-order valence-electron chi connectivity index (χ1n) is 7.30. The van der Waals surface area contributed by atoms with Crippen LogP contribution in [0.25, 0.3) is 11.3 Å². The molecule has 126 valence electrons. The molecule has 0 amide bonds. The molecule has 0 aliphatic rings. The molecule has 3 aromatic rings. The summed E-state index contributed by atoms with van der Waals surface area (Å²) in [6.07, 6.45) is 0. The summed E-state index contributed by atoms with van der Waals surface area (Å²) >= 11 is 4.93. The summed E-state index contributed by atoms with van der Waals surface area (Å²) in [6, 6.07) is 14.2. The third-order valence-electron chi connectivity index (χ3n) is 3.46. The molecule has 0 unspecified atom stereocenters. The molecule has 1 N–H and O–H groups in total. The van der Waals surface area contributed by atoms with Crippen molar-refractivity contribution < 1.29 is 4.92 Å². The van der Waals surface area contributed by atoms with Crippen LogP contribution in [0.1, 0.15) is 12.5 Å². The Morgan fingerprint density at radius 1 is 1.24 bits per heavy atom. The van der Waals surface area contributed by atoms with Crippen molar-refractivity contribution in [2.24, 2.45) is 5.10 Å². The number of thiazole rings is 1. The summed E-state index contributed by atoms with van der Waals surface area (Å²) in [7, 11) is 0. The molecule has 6 nitrogen and oxygen atoms in total. The Kier molecular flexibility index (Phi) is 5.20. The van der Waals surface area contributed by atoms with E-state index in [1.807, 2.05) is 36.6 Å². The molecule has 0 fully saturated rings. The lowest BCUT2D eigenvalue weighted by Gasteiger charge is -2.03. The fourth-order valence-corrected chi connectivity index (χ4v) is 3.39. The number of nitrogens with one attached hydrogen (secondary N) is 1. The van der Waals surface area contributed by atoms with Crippen LogP contribution in [-0.2, 0) is 0 Å². The second kappa shape index (κ2) is 7.54. The zero-order valence-electron chi connectivity index (χ0n) is 13.1. The lowest BCUT2D eigenvalue weighted by Crippen LogP contribution is -2.00. The van der Waals surface area contributed by atoms with E-state index in [0.29, 0.717) is 5.13 Å². The Morgan fingerprint density at radius 3 is 2.64 bits per heavy atom. The van der Waals surface area contributed by atoms with E-state index in [1.165, 1.54) is 23.5 Å². The fourth-order valence-electron chi connectivity index (χ4n) is 2.16. The summed E-state index contributed by atoms with van der Waals surface area (Å²) in [5.41, 5.74) is 6.42. The molecule has 25 heavy (non-hydrogen) atoms. The molecule has 1 aromatic heterocycles. The number of hydrogen-bond donors (Lipinski definition) is 1. The first kappa shape index (κ1) is 17.2. The van der Waals surface area contributed by atoms with Crippen LogP contribution in [0.15, 0.2) is 63.5 Å². The van der Waals surface area contributed by atoms with Crippen LogP contribution in [0, 0.1) is 10.1 Å². The minimum absolute atomic E-state index is 0.0611. The lowest BCUT2D eigenvalue weighted by atomic mass is 10.1. The molecule has 3 rings (SSSR count). The van der Waals surface area contributed by atoms with Gasteiger partial charge in [0.1, 0.15) is 0 Å². The number of nitro groups is 1. The van der Waals surface area contributed by atoms with E-state index in [9.17, 15) is 10.1 Å². The van der Waals surface area contributed by atoms with Crippen molar-refractivity contribution in [1.82, 2.24) is 4.98 Å². The van der Waals surface area contributed by atoms with Gasteiger partial charge < -0.3 is 0 Å². The molecule has 8 heteroatoms. The number of halogens is 1. The summed E-state index contributed by atoms with van der Waals surface area (Å²) in [5.74, 6) is 0. The maximum absolute atomic E-state index is 10.7. The maximum atomic E-state index is 10.7. The van der Waals surface area contributed by atoms with Gasteiger partial charge in [-0.2, -0.15) is 5.10 Å². The number of non-ortho nitro benzene ring substituents is 1. The summed E-state index contributed by atoms with van der Waals surface area (Å²) in [4.78, 5) is 14.7. The number of nitro benzene ring substituents is 1. The van der Waals surface area contributed by atoms with Crippen LogP contribution < -0.4 is 5.43 Å². The topological polar surface area (TPSA) is 80.4 Å². The summed E-state index contributed by atoms with van der Waals surface area (Å²) in [6.45, 7) is 1.91. The largest absolute Gasteiger partial charge is 0.269 e. The van der Waals surface area contributed by atoms with Gasteiger partial charge in [-0.3, -0.25) is 15.5 Å². The third-order valence-corrected chi connectivity index (χ3v) is 4.90. The van der Waals surface area contributed by atoms with E-state index in [0.717, 1.165) is 27.0 Å². The van der Waals surface area contributed by atoms with E-state index in [1.54, 1.807) is 12.1 Å². The van der Waals surface area contributed by atoms with E-state index in [4.69, 9.17) is 0 Å². The molecule has 1 heterocycles. The predicted octanol–water partition coefficient (Wildman–Crippen LogP) is 5.32. The van der Waals surface area contributed by atoms with Crippen LogP contribution in [-0.4, -0.2) is 15.6 Å². The molecule has 0 spiro atoms. The zero-order chi connectivity index (χ0) is 17.8. The van der Waals surface area contributed by atoms with Gasteiger partial charge in [0.25, 0.3) is 5.69 Å². The minimum Gasteiger partial charge on any atom is -0.258 e. The molecule has 0 radical (unpaired) electrons. The second-order valence-corrected chi connectivity index (χ2v) is 6.84. The van der Waals surface area contributed by atoms with Crippen molar-refractivity contribution in [3.63, 3.8) is 0 Å². The highest BCUT2D eigenvalue weighted by molar-refractivity contribution is 9.10. The average molecular weight is 417 g/mol. The Labute approximate surface area is 156 Å². The van der Waals surface area contributed by atoms with Gasteiger partial charge in [-0.1, -0.05) is 34.1 Å². The molecule has 0 aliphatic heterocycles. The van der Waals surface area contributed by atoms with Gasteiger partial charge in [0.05, 0.1) is 16.3 Å². The van der Waals surface area contributed by atoms with Crippen molar-refractivity contribution in [1.29, 1.82) is 0 Å². The molecule has 0 atom stereocenters. The number of benzene rings is 2. The highest BCUT2D eigenvalue weighted by Gasteiger charge is 2.08. The smallest absolute Gasteiger partial charge is 0.258 e. The van der Waals surface area contributed by atoms with Crippen LogP contribution in [0.5, 0.6) is 0 Å². The standard InChI is InChI=1S/C17H13BrN4O2S/c1-11(14-4-2-3-5-15(14)18)20-21-17-19-16(10-25-17)12-6-8-13(9-7-12)22(23)24/h2-10H,1H3,(H,19,21)/b20-11+. The Bertz CT molecular complexity index is 938. The highest BCUT2D eigenvalue weighted by Crippen LogP contribution is 2.26. The van der Waals surface area contributed by atoms with Crippen molar-refractivity contribution in [2.45, 2.75) is 6.92 Å². The monoisotopic (exact) mass is 416 g/mol. The normalized spacial score (nSPS) is 11.4. The quantitative estimate of drug-likeness (QED) is 0.346. The minimum atomic E-state index is -0.420. The summed E-state index contributed by atoms with van der Waals surface area (Å²) < 4.78 is 0.976. The Balaban J connectivity index is 1.74. The van der Waals surface area contributed by atoms with E-state index in [-0.39, 0.29) is 5.69 Å². The van der Waals surface area contributed by atoms with E-state index >= 15 is 0 Å². The number of rotatable bonds is 5. The summed E-state index contributed by atoms with van der Waals surface area (Å²) in [5, 5.41) is 17.6. The second-order valence-electron chi connectivity index (χ2n) is 5.13. The molecule has 0 aliphatic carbocycles. The van der Waals surface area contributed by atoms with Gasteiger partial charge in [-0.05, 0) is 25.1 Å². The fraction of sp³-hybridized carbons (Fsp3) is 0.0588. The van der Waals surface area contributed by atoms with Gasteiger partial charge in [0.15, 0.2) is 0 Å². The molecule has 0 saturated heterocycles. The highest BCUT2D eigenvalue weighted by atomic mass is 79.9. The zero-order valence-corrected chi connectivity index (χ0v) is 15.5. The van der Waals surface area contributed by atoms with Crippen LogP contribution in [0.2, 0.25) is 0 Å². The van der Waals surface area contributed by atoms with E-state index in [2.05, 4.69) is 31.4 Å². The van der Waals surface area contributed by atoms with Crippen LogP contribution >= 0.6 is 27.3 Å². The van der Waals surface area contributed by atoms with Gasteiger partial charge in [0, 0.05) is 33.1 Å². The lowest BCUT2D eigenvalue weighted by molar-refractivity contribution is -0.384. The van der Waals surface area contributed by atoms with Gasteiger partial charge in [-0.15, -0.1) is 11.3 Å². The van der Waals surface area contributed by atoms with Gasteiger partial charge >= 0.3 is 0 Å². The van der Waals surface area contributed by atoms with E-state index < -0.39 is 4.92 Å². The Morgan fingerprint density at radius 2 is 1.96 bits per heavy atom.